The predicted molar refractivity (Wildman–Crippen MR) is 102 cm³/mol. The second kappa shape index (κ2) is 8.07. The molecule has 0 bridgehead atoms. The van der Waals surface area contributed by atoms with Crippen molar-refractivity contribution in [1.82, 2.24) is 24.5 Å². The molecule has 1 aromatic carbocycles. The molecule has 142 valence electrons. The van der Waals surface area contributed by atoms with E-state index in [0.29, 0.717) is 12.2 Å². The van der Waals surface area contributed by atoms with Gasteiger partial charge in [0.2, 0.25) is 0 Å². The van der Waals surface area contributed by atoms with Crippen LogP contribution in [-0.4, -0.2) is 37.4 Å². The molecule has 0 fully saturated rings. The minimum Gasteiger partial charge on any atom is -0.471 e. The van der Waals surface area contributed by atoms with E-state index in [-0.39, 0.29) is 12.6 Å². The molecule has 27 heavy (non-hydrogen) atoms. The van der Waals surface area contributed by atoms with Gasteiger partial charge in [0.15, 0.2) is 12.4 Å². The molecule has 7 nitrogen and oxygen atoms in total. The molecule has 0 unspecified atom stereocenters. The molecule has 0 aliphatic rings. The summed E-state index contributed by atoms with van der Waals surface area (Å²) >= 11 is 0. The van der Waals surface area contributed by atoms with Crippen molar-refractivity contribution in [3.63, 3.8) is 0 Å². The molecule has 0 radical (unpaired) electrons. The summed E-state index contributed by atoms with van der Waals surface area (Å²) in [5, 5.41) is 8.57. The van der Waals surface area contributed by atoms with Crippen LogP contribution in [0.1, 0.15) is 34.1 Å². The summed E-state index contributed by atoms with van der Waals surface area (Å²) in [4.78, 5) is 14.2. The monoisotopic (exact) mass is 367 g/mol. The number of rotatable bonds is 7. The first-order chi connectivity index (χ1) is 13.0. The van der Waals surface area contributed by atoms with Gasteiger partial charge in [-0.3, -0.25) is 9.48 Å². The van der Waals surface area contributed by atoms with E-state index < -0.39 is 0 Å². The number of hydrogen-bond donors (Lipinski definition) is 0. The number of carbonyl (C=O) groups excluding carboxylic acids is 1. The lowest BCUT2D eigenvalue weighted by Crippen LogP contribution is -2.26. The molecule has 7 heteroatoms. The van der Waals surface area contributed by atoms with Crippen molar-refractivity contribution in [3.05, 3.63) is 65.2 Å². The van der Waals surface area contributed by atoms with Crippen LogP contribution in [0.4, 0.5) is 0 Å². The predicted octanol–water partition coefficient (Wildman–Crippen LogP) is 3.03. The minimum absolute atomic E-state index is 0.135. The second-order valence-electron chi connectivity index (χ2n) is 6.65. The molecule has 3 rings (SSSR count). The van der Waals surface area contributed by atoms with Crippen molar-refractivity contribution in [3.8, 4) is 5.75 Å². The molecule has 0 aliphatic heterocycles. The number of hydrogen-bond acceptors (Lipinski definition) is 4. The highest BCUT2D eigenvalue weighted by Gasteiger charge is 2.16. The van der Waals surface area contributed by atoms with Crippen molar-refractivity contribution in [2.24, 2.45) is 0 Å². The molecule has 3 aromatic rings. The molecule has 0 N–H and O–H groups in total. The maximum Gasteiger partial charge on any atom is 0.274 e. The van der Waals surface area contributed by atoms with Gasteiger partial charge in [-0.1, -0.05) is 17.7 Å². The Bertz CT molecular complexity index is 928. The van der Waals surface area contributed by atoms with Crippen molar-refractivity contribution in [2.45, 2.75) is 40.6 Å². The Balaban J connectivity index is 1.59. The van der Waals surface area contributed by atoms with Gasteiger partial charge in [-0.15, -0.1) is 0 Å². The second-order valence-corrected chi connectivity index (χ2v) is 6.65. The SMILES string of the molecule is CCn1cc(CN(C)C(=O)c2ccn(COc3ccc(C)cc3C)n2)cn1. The van der Waals surface area contributed by atoms with Gasteiger partial charge >= 0.3 is 0 Å². The van der Waals surface area contributed by atoms with Gasteiger partial charge in [0.05, 0.1) is 6.20 Å². The summed E-state index contributed by atoms with van der Waals surface area (Å²) in [6.45, 7) is 7.64. The normalized spacial score (nSPS) is 10.8. The first-order valence-corrected chi connectivity index (χ1v) is 8.96. The van der Waals surface area contributed by atoms with Gasteiger partial charge in [0.1, 0.15) is 5.75 Å². The van der Waals surface area contributed by atoms with Gasteiger partial charge in [0, 0.05) is 38.1 Å². The van der Waals surface area contributed by atoms with Crippen LogP contribution in [0.3, 0.4) is 0 Å². The molecule has 2 aromatic heterocycles. The molecule has 0 saturated heterocycles. The third kappa shape index (κ3) is 4.55. The highest BCUT2D eigenvalue weighted by molar-refractivity contribution is 5.91. The van der Waals surface area contributed by atoms with Gasteiger partial charge in [-0.25, -0.2) is 4.68 Å². The smallest absolute Gasteiger partial charge is 0.274 e. The Morgan fingerprint density at radius 1 is 1.22 bits per heavy atom. The molecule has 0 aliphatic carbocycles. The van der Waals surface area contributed by atoms with Gasteiger partial charge in [-0.2, -0.15) is 10.2 Å². The van der Waals surface area contributed by atoms with Gasteiger partial charge in [-0.05, 0) is 38.5 Å². The van der Waals surface area contributed by atoms with E-state index in [2.05, 4.69) is 16.3 Å². The van der Waals surface area contributed by atoms with Crippen molar-refractivity contribution in [2.75, 3.05) is 7.05 Å². The summed E-state index contributed by atoms with van der Waals surface area (Å²) in [6.07, 6.45) is 5.48. The molecule has 0 saturated carbocycles. The van der Waals surface area contributed by atoms with Crippen LogP contribution in [-0.2, 0) is 19.8 Å². The zero-order valence-electron chi connectivity index (χ0n) is 16.2. The standard InChI is InChI=1S/C20H25N5O2/c1-5-24-13-17(11-21-24)12-23(4)20(26)18-8-9-25(22-18)14-27-19-7-6-15(2)10-16(19)3/h6-11,13H,5,12,14H2,1-4H3. The summed E-state index contributed by atoms with van der Waals surface area (Å²) in [5.41, 5.74) is 3.65. The van der Waals surface area contributed by atoms with Crippen LogP contribution in [0.15, 0.2) is 42.9 Å². The van der Waals surface area contributed by atoms with Gasteiger partial charge < -0.3 is 9.64 Å². The Morgan fingerprint density at radius 2 is 2.04 bits per heavy atom. The Kier molecular flexibility index (Phi) is 5.59. The number of carbonyl (C=O) groups is 1. The molecule has 1 amide bonds. The highest BCUT2D eigenvalue weighted by atomic mass is 16.5. The molecular formula is C20H25N5O2. The highest BCUT2D eigenvalue weighted by Crippen LogP contribution is 2.19. The van der Waals surface area contributed by atoms with E-state index in [9.17, 15) is 4.79 Å². The average molecular weight is 367 g/mol. The minimum atomic E-state index is -0.135. The van der Waals surface area contributed by atoms with Crippen LogP contribution in [0.2, 0.25) is 0 Å². The summed E-state index contributed by atoms with van der Waals surface area (Å²) in [5.74, 6) is 0.679. The summed E-state index contributed by atoms with van der Waals surface area (Å²) in [6, 6.07) is 7.74. The lowest BCUT2D eigenvalue weighted by molar-refractivity contribution is 0.0777. The maximum absolute atomic E-state index is 12.6. The number of benzene rings is 1. The van der Waals surface area contributed by atoms with E-state index in [1.807, 2.05) is 43.8 Å². The van der Waals surface area contributed by atoms with Crippen LogP contribution < -0.4 is 4.74 Å². The lowest BCUT2D eigenvalue weighted by atomic mass is 10.1. The Morgan fingerprint density at radius 3 is 2.74 bits per heavy atom. The van der Waals surface area contributed by atoms with E-state index >= 15 is 0 Å². The van der Waals surface area contributed by atoms with Crippen molar-refractivity contribution < 1.29 is 9.53 Å². The average Bonchev–Trinajstić information content (AvgIpc) is 3.29. The number of amides is 1. The van der Waals surface area contributed by atoms with E-state index in [1.165, 1.54) is 5.56 Å². The fraction of sp³-hybridized carbons (Fsp3) is 0.350. The van der Waals surface area contributed by atoms with Gasteiger partial charge in [0.25, 0.3) is 5.91 Å². The van der Waals surface area contributed by atoms with Crippen LogP contribution in [0, 0.1) is 13.8 Å². The first kappa shape index (κ1) is 18.7. The largest absolute Gasteiger partial charge is 0.471 e. The third-order valence-corrected chi connectivity index (χ3v) is 4.32. The molecule has 0 atom stereocenters. The Hall–Kier alpha value is -3.09. The first-order valence-electron chi connectivity index (χ1n) is 8.96. The van der Waals surface area contributed by atoms with Crippen LogP contribution in [0.25, 0.3) is 0 Å². The quantitative estimate of drug-likeness (QED) is 0.644. The van der Waals surface area contributed by atoms with Crippen LogP contribution >= 0.6 is 0 Å². The van der Waals surface area contributed by atoms with Crippen molar-refractivity contribution >= 4 is 5.91 Å². The molecule has 0 spiro atoms. The zero-order valence-corrected chi connectivity index (χ0v) is 16.2. The summed E-state index contributed by atoms with van der Waals surface area (Å²) < 4.78 is 9.27. The Labute approximate surface area is 159 Å². The van der Waals surface area contributed by atoms with Crippen molar-refractivity contribution in [1.29, 1.82) is 0 Å². The topological polar surface area (TPSA) is 65.2 Å². The van der Waals surface area contributed by atoms with Crippen LogP contribution in [0.5, 0.6) is 5.75 Å². The third-order valence-electron chi connectivity index (χ3n) is 4.32. The summed E-state index contributed by atoms with van der Waals surface area (Å²) in [7, 11) is 1.76. The number of aromatic nitrogens is 4. The van der Waals surface area contributed by atoms with E-state index in [4.69, 9.17) is 4.74 Å². The molecular weight excluding hydrogens is 342 g/mol. The number of ether oxygens (including phenoxy) is 1. The fourth-order valence-corrected chi connectivity index (χ4v) is 2.85. The maximum atomic E-state index is 12.6. The molecule has 2 heterocycles. The fourth-order valence-electron chi connectivity index (χ4n) is 2.85. The van der Waals surface area contributed by atoms with E-state index in [1.54, 1.807) is 35.1 Å². The zero-order chi connectivity index (χ0) is 19.4. The lowest BCUT2D eigenvalue weighted by Gasteiger charge is -2.14. The number of nitrogens with zero attached hydrogens (tertiary/aromatic N) is 5. The van der Waals surface area contributed by atoms with E-state index in [0.717, 1.165) is 23.4 Å². The number of aryl methyl sites for hydroxylation is 3.